The van der Waals surface area contributed by atoms with Gasteiger partial charge in [-0.15, -0.1) is 0 Å². The summed E-state index contributed by atoms with van der Waals surface area (Å²) < 4.78 is 31.5. The number of anilines is 1. The Hall–Kier alpha value is -3.29. The number of halogens is 2. The van der Waals surface area contributed by atoms with Gasteiger partial charge in [0.05, 0.1) is 13.5 Å². The van der Waals surface area contributed by atoms with Crippen LogP contribution in [0.25, 0.3) is 0 Å². The van der Waals surface area contributed by atoms with Gasteiger partial charge in [0.2, 0.25) is 11.8 Å². The van der Waals surface area contributed by atoms with E-state index < -0.39 is 35.5 Å². The third-order valence-electron chi connectivity index (χ3n) is 4.48. The Morgan fingerprint density at radius 1 is 1.03 bits per heavy atom. The molecule has 0 spiro atoms. The second-order valence-electron chi connectivity index (χ2n) is 7.54. The minimum Gasteiger partial charge on any atom is -0.468 e. The lowest BCUT2D eigenvalue weighted by atomic mass is 10.0. The molecule has 0 bridgehead atoms. The molecule has 6 nitrogen and oxygen atoms in total. The molecule has 0 fully saturated rings. The molecule has 0 aromatic heterocycles. The maximum atomic E-state index is 13.4. The van der Waals surface area contributed by atoms with Crippen molar-refractivity contribution in [2.75, 3.05) is 18.6 Å². The van der Waals surface area contributed by atoms with E-state index in [1.807, 2.05) is 13.8 Å². The molecule has 0 saturated carbocycles. The maximum absolute atomic E-state index is 13.4. The van der Waals surface area contributed by atoms with Crippen LogP contribution in [0, 0.1) is 17.6 Å². The van der Waals surface area contributed by atoms with Crippen molar-refractivity contribution in [3.63, 3.8) is 0 Å². The van der Waals surface area contributed by atoms with Crippen LogP contribution in [-0.2, 0) is 25.5 Å². The molecule has 1 N–H and O–H groups in total. The van der Waals surface area contributed by atoms with Crippen LogP contribution in [0.3, 0.4) is 0 Å². The fourth-order valence-electron chi connectivity index (χ4n) is 3.12. The summed E-state index contributed by atoms with van der Waals surface area (Å²) in [7, 11) is 1.22. The summed E-state index contributed by atoms with van der Waals surface area (Å²) in [5.41, 5.74) is 0.633. The number of hydrogen-bond acceptors (Lipinski definition) is 4. The van der Waals surface area contributed by atoms with Crippen LogP contribution in [0.1, 0.15) is 25.8 Å². The molecular weight excluding hydrogens is 406 g/mol. The molecule has 8 heteroatoms. The number of benzene rings is 2. The molecule has 0 radical (unpaired) electrons. The lowest BCUT2D eigenvalue weighted by Crippen LogP contribution is -2.51. The van der Waals surface area contributed by atoms with Gasteiger partial charge in [-0.2, -0.15) is 0 Å². The standard InChI is InChI=1S/C23H26F2N2O4/c1-15(2)9-20(26-21(28)12-16-10-17(24)13-18(25)11-16)23(30)27(14-22(29)31-3)19-7-5-4-6-8-19/h4-8,10-11,13,15,20H,9,12,14H2,1-3H3,(H,26,28)/t20-/m0/s1. The average molecular weight is 432 g/mol. The molecule has 0 saturated heterocycles. The van der Waals surface area contributed by atoms with E-state index in [1.54, 1.807) is 30.3 Å². The maximum Gasteiger partial charge on any atom is 0.325 e. The quantitative estimate of drug-likeness (QED) is 0.618. The number of carbonyl (C=O) groups excluding carboxylic acids is 3. The molecule has 2 aromatic rings. The van der Waals surface area contributed by atoms with E-state index in [1.165, 1.54) is 12.0 Å². The first-order valence-corrected chi connectivity index (χ1v) is 9.87. The number of methoxy groups -OCH3 is 1. The van der Waals surface area contributed by atoms with Gasteiger partial charge in [-0.25, -0.2) is 8.78 Å². The Morgan fingerprint density at radius 3 is 2.19 bits per heavy atom. The molecular formula is C23H26F2N2O4. The van der Waals surface area contributed by atoms with Gasteiger partial charge >= 0.3 is 5.97 Å². The van der Waals surface area contributed by atoms with Crippen molar-refractivity contribution in [2.24, 2.45) is 5.92 Å². The lowest BCUT2D eigenvalue weighted by molar-refractivity contribution is -0.140. The third kappa shape index (κ3) is 7.47. The van der Waals surface area contributed by atoms with Crippen molar-refractivity contribution in [2.45, 2.75) is 32.7 Å². The van der Waals surface area contributed by atoms with Gasteiger partial charge in [0.25, 0.3) is 0 Å². The van der Waals surface area contributed by atoms with Gasteiger partial charge in [0, 0.05) is 11.8 Å². The van der Waals surface area contributed by atoms with Gasteiger partial charge in [-0.3, -0.25) is 19.3 Å². The molecule has 0 aliphatic rings. The zero-order chi connectivity index (χ0) is 23.0. The monoisotopic (exact) mass is 432 g/mol. The second kappa shape index (κ2) is 11.2. The normalized spacial score (nSPS) is 11.7. The van der Waals surface area contributed by atoms with Crippen LogP contribution >= 0.6 is 0 Å². The Bertz CT molecular complexity index is 899. The third-order valence-corrected chi connectivity index (χ3v) is 4.48. The van der Waals surface area contributed by atoms with Gasteiger partial charge in [-0.05, 0) is 42.2 Å². The number of carbonyl (C=O) groups is 3. The number of nitrogens with zero attached hydrogens (tertiary/aromatic N) is 1. The van der Waals surface area contributed by atoms with Gasteiger partial charge in [-0.1, -0.05) is 32.0 Å². The summed E-state index contributed by atoms with van der Waals surface area (Å²) in [6.45, 7) is 3.46. The highest BCUT2D eigenvalue weighted by Crippen LogP contribution is 2.18. The first-order valence-electron chi connectivity index (χ1n) is 9.87. The predicted molar refractivity (Wildman–Crippen MR) is 112 cm³/mol. The van der Waals surface area contributed by atoms with Crippen LogP contribution in [-0.4, -0.2) is 37.5 Å². The van der Waals surface area contributed by atoms with Crippen molar-refractivity contribution >= 4 is 23.5 Å². The van der Waals surface area contributed by atoms with Crippen molar-refractivity contribution in [1.29, 1.82) is 0 Å². The Morgan fingerprint density at radius 2 is 1.65 bits per heavy atom. The van der Waals surface area contributed by atoms with E-state index in [4.69, 9.17) is 4.74 Å². The molecule has 0 aliphatic heterocycles. The minimum absolute atomic E-state index is 0.0524. The van der Waals surface area contributed by atoms with Gasteiger partial charge in [0.15, 0.2) is 0 Å². The number of esters is 1. The van der Waals surface area contributed by atoms with E-state index in [0.717, 1.165) is 18.2 Å². The highest BCUT2D eigenvalue weighted by atomic mass is 19.1. The minimum atomic E-state index is -0.934. The van der Waals surface area contributed by atoms with Crippen molar-refractivity contribution in [3.8, 4) is 0 Å². The summed E-state index contributed by atoms with van der Waals surface area (Å²) in [6, 6.07) is 10.5. The molecule has 2 amide bonds. The number of nitrogens with one attached hydrogen (secondary N) is 1. The average Bonchev–Trinajstić information content (AvgIpc) is 2.70. The fourth-order valence-corrected chi connectivity index (χ4v) is 3.12. The van der Waals surface area contributed by atoms with E-state index in [0.29, 0.717) is 12.1 Å². The van der Waals surface area contributed by atoms with Crippen LogP contribution in [0.4, 0.5) is 14.5 Å². The van der Waals surface area contributed by atoms with Crippen molar-refractivity contribution in [1.82, 2.24) is 5.32 Å². The Labute approximate surface area is 180 Å². The SMILES string of the molecule is COC(=O)CN(C(=O)[C@H](CC(C)C)NC(=O)Cc1cc(F)cc(F)c1)c1ccccc1. The van der Waals surface area contributed by atoms with Crippen molar-refractivity contribution in [3.05, 3.63) is 65.7 Å². The van der Waals surface area contributed by atoms with Crippen molar-refractivity contribution < 1.29 is 27.9 Å². The lowest BCUT2D eigenvalue weighted by Gasteiger charge is -2.28. The molecule has 166 valence electrons. The van der Waals surface area contributed by atoms with Crippen LogP contribution in [0.2, 0.25) is 0 Å². The molecule has 31 heavy (non-hydrogen) atoms. The topological polar surface area (TPSA) is 75.7 Å². The highest BCUT2D eigenvalue weighted by molar-refractivity contribution is 6.02. The Kier molecular flexibility index (Phi) is 8.66. The molecule has 1 atom stereocenters. The zero-order valence-electron chi connectivity index (χ0n) is 17.7. The Balaban J connectivity index is 2.24. The zero-order valence-corrected chi connectivity index (χ0v) is 17.7. The number of para-hydroxylation sites is 1. The summed E-state index contributed by atoms with van der Waals surface area (Å²) in [6.07, 6.45) is 0.0193. The van der Waals surface area contributed by atoms with Gasteiger partial charge in [0.1, 0.15) is 24.2 Å². The van der Waals surface area contributed by atoms with E-state index >= 15 is 0 Å². The smallest absolute Gasteiger partial charge is 0.325 e. The summed E-state index contributed by atoms with van der Waals surface area (Å²) in [4.78, 5) is 39.0. The van der Waals surface area contributed by atoms with Gasteiger partial charge < -0.3 is 10.1 Å². The first-order chi connectivity index (χ1) is 14.7. The van der Waals surface area contributed by atoms with Crippen LogP contribution in [0.5, 0.6) is 0 Å². The number of amides is 2. The van der Waals surface area contributed by atoms with E-state index in [2.05, 4.69) is 5.32 Å². The number of rotatable bonds is 9. The van der Waals surface area contributed by atoms with Crippen LogP contribution < -0.4 is 10.2 Å². The molecule has 2 aromatic carbocycles. The van der Waals surface area contributed by atoms with Crippen LogP contribution in [0.15, 0.2) is 48.5 Å². The summed E-state index contributed by atoms with van der Waals surface area (Å²) >= 11 is 0. The largest absolute Gasteiger partial charge is 0.468 e. The van der Waals surface area contributed by atoms with E-state index in [9.17, 15) is 23.2 Å². The predicted octanol–water partition coefficient (Wildman–Crippen LogP) is 3.24. The molecule has 2 rings (SSSR count). The van der Waals surface area contributed by atoms with E-state index in [-0.39, 0.29) is 24.4 Å². The molecule has 0 unspecified atom stereocenters. The number of hydrogen-bond donors (Lipinski definition) is 1. The first kappa shape index (κ1) is 24.0. The summed E-state index contributed by atoms with van der Waals surface area (Å²) in [5.74, 6) is -3.17. The fraction of sp³-hybridized carbons (Fsp3) is 0.348. The molecule has 0 aliphatic carbocycles. The summed E-state index contributed by atoms with van der Waals surface area (Å²) in [5, 5.41) is 2.65. The second-order valence-corrected chi connectivity index (χ2v) is 7.54. The highest BCUT2D eigenvalue weighted by Gasteiger charge is 2.29. The number of ether oxygens (including phenoxy) is 1. The molecule has 0 heterocycles.